The van der Waals surface area contributed by atoms with Gasteiger partial charge in [0.05, 0.1) is 5.75 Å². The number of primary amides is 1. The summed E-state index contributed by atoms with van der Waals surface area (Å²) in [5.74, 6) is -0.290. The lowest BCUT2D eigenvalue weighted by Gasteiger charge is -2.12. The molecule has 138 valence electrons. The van der Waals surface area contributed by atoms with Crippen molar-refractivity contribution in [3.63, 3.8) is 0 Å². The highest BCUT2D eigenvalue weighted by molar-refractivity contribution is 7.99. The van der Waals surface area contributed by atoms with Crippen molar-refractivity contribution in [1.29, 1.82) is 0 Å². The number of nitrogens with two attached hydrogens (primary N) is 1. The second-order valence-corrected chi connectivity index (χ2v) is 7.15. The van der Waals surface area contributed by atoms with Gasteiger partial charge in [-0.1, -0.05) is 23.9 Å². The molecule has 1 aromatic carbocycles. The zero-order valence-corrected chi connectivity index (χ0v) is 16.4. The van der Waals surface area contributed by atoms with Crippen molar-refractivity contribution in [2.75, 3.05) is 11.1 Å². The van der Waals surface area contributed by atoms with Gasteiger partial charge in [0.1, 0.15) is 0 Å². The maximum atomic E-state index is 12.3. The molecular formula is C19H24N4O2S. The summed E-state index contributed by atoms with van der Waals surface area (Å²) >= 11 is 1.22. The van der Waals surface area contributed by atoms with Crippen molar-refractivity contribution >= 4 is 29.3 Å². The molecule has 0 aliphatic carbocycles. The number of benzene rings is 1. The molecule has 3 N–H and O–H groups in total. The van der Waals surface area contributed by atoms with Crippen LogP contribution in [0.5, 0.6) is 0 Å². The summed E-state index contributed by atoms with van der Waals surface area (Å²) in [6.07, 6.45) is 0.918. The zero-order chi connectivity index (χ0) is 19.3. The minimum absolute atomic E-state index is 0.0373. The van der Waals surface area contributed by atoms with E-state index in [0.29, 0.717) is 18.0 Å². The first-order valence-corrected chi connectivity index (χ1v) is 9.37. The van der Waals surface area contributed by atoms with E-state index in [9.17, 15) is 9.59 Å². The molecule has 26 heavy (non-hydrogen) atoms. The largest absolute Gasteiger partial charge is 0.369 e. The topological polar surface area (TPSA) is 98.0 Å². The summed E-state index contributed by atoms with van der Waals surface area (Å²) < 4.78 is 0. The standard InChI is InChI=1S/C19H24N4O2S/c1-11-6-5-7-16(12(11)2)23-18(25)9-8-15-13(3)21-19(22-14(15)4)26-10-17(20)24/h5-7H,8-10H2,1-4H3,(H2,20,24)(H,23,25). The average molecular weight is 372 g/mol. The van der Waals surface area contributed by atoms with Crippen molar-refractivity contribution in [3.8, 4) is 0 Å². The average Bonchev–Trinajstić information content (AvgIpc) is 2.56. The Kier molecular flexibility index (Phi) is 6.74. The van der Waals surface area contributed by atoms with Crippen LogP contribution in [0.3, 0.4) is 0 Å². The van der Waals surface area contributed by atoms with Gasteiger partial charge < -0.3 is 11.1 Å². The molecule has 2 amide bonds. The van der Waals surface area contributed by atoms with Crippen molar-refractivity contribution < 1.29 is 9.59 Å². The number of hydrogen-bond donors (Lipinski definition) is 2. The zero-order valence-electron chi connectivity index (χ0n) is 15.5. The highest BCUT2D eigenvalue weighted by Gasteiger charge is 2.12. The summed E-state index contributed by atoms with van der Waals surface area (Å²) in [5, 5.41) is 3.50. The van der Waals surface area contributed by atoms with Crippen LogP contribution in [0.1, 0.15) is 34.5 Å². The Hall–Kier alpha value is -2.41. The Labute approximate surface area is 158 Å². The third-order valence-corrected chi connectivity index (χ3v) is 5.09. The van der Waals surface area contributed by atoms with E-state index in [-0.39, 0.29) is 11.7 Å². The maximum Gasteiger partial charge on any atom is 0.227 e. The molecule has 0 radical (unpaired) electrons. The summed E-state index contributed by atoms with van der Waals surface area (Å²) in [7, 11) is 0. The Morgan fingerprint density at radius 1 is 1.12 bits per heavy atom. The minimum atomic E-state index is -0.402. The van der Waals surface area contributed by atoms with E-state index in [1.54, 1.807) is 0 Å². The molecule has 0 aliphatic heterocycles. The highest BCUT2D eigenvalue weighted by atomic mass is 32.2. The number of nitrogens with one attached hydrogen (secondary N) is 1. The first-order chi connectivity index (χ1) is 12.3. The predicted octanol–water partition coefficient (Wildman–Crippen LogP) is 2.86. The van der Waals surface area contributed by atoms with Crippen LogP contribution in [0.25, 0.3) is 0 Å². The Morgan fingerprint density at radius 3 is 2.38 bits per heavy atom. The van der Waals surface area contributed by atoms with Crippen LogP contribution < -0.4 is 11.1 Å². The number of carbonyl (C=O) groups is 2. The van der Waals surface area contributed by atoms with Gasteiger partial charge in [-0.3, -0.25) is 9.59 Å². The van der Waals surface area contributed by atoms with E-state index in [2.05, 4.69) is 15.3 Å². The van der Waals surface area contributed by atoms with Gasteiger partial charge in [-0.25, -0.2) is 9.97 Å². The van der Waals surface area contributed by atoms with Gasteiger partial charge in [0, 0.05) is 23.5 Å². The number of carbonyl (C=O) groups excluding carboxylic acids is 2. The summed E-state index contributed by atoms with van der Waals surface area (Å²) in [6.45, 7) is 7.80. The van der Waals surface area contributed by atoms with Crippen LogP contribution in [-0.4, -0.2) is 27.5 Å². The molecule has 0 spiro atoms. The fourth-order valence-corrected chi connectivity index (χ4v) is 3.28. The highest BCUT2D eigenvalue weighted by Crippen LogP contribution is 2.20. The van der Waals surface area contributed by atoms with Crippen molar-refractivity contribution in [3.05, 3.63) is 46.3 Å². The Balaban J connectivity index is 2.01. The molecule has 2 aromatic rings. The van der Waals surface area contributed by atoms with Gasteiger partial charge in [-0.2, -0.15) is 0 Å². The van der Waals surface area contributed by atoms with E-state index in [4.69, 9.17) is 5.73 Å². The fourth-order valence-electron chi connectivity index (χ4n) is 2.61. The van der Waals surface area contributed by atoms with Crippen LogP contribution in [0.2, 0.25) is 0 Å². The number of aromatic nitrogens is 2. The van der Waals surface area contributed by atoms with E-state index in [1.165, 1.54) is 11.8 Å². The van der Waals surface area contributed by atoms with Crippen LogP contribution in [0.15, 0.2) is 23.4 Å². The molecular weight excluding hydrogens is 348 g/mol. The van der Waals surface area contributed by atoms with Gasteiger partial charge in [-0.05, 0) is 56.9 Å². The number of nitrogens with zero attached hydrogens (tertiary/aromatic N) is 2. The molecule has 0 saturated carbocycles. The molecule has 7 heteroatoms. The Morgan fingerprint density at radius 2 is 1.77 bits per heavy atom. The minimum Gasteiger partial charge on any atom is -0.369 e. The monoisotopic (exact) mass is 372 g/mol. The molecule has 0 aliphatic rings. The number of anilines is 1. The quantitative estimate of drug-likeness (QED) is 0.575. The smallest absolute Gasteiger partial charge is 0.227 e. The van der Waals surface area contributed by atoms with Gasteiger partial charge in [-0.15, -0.1) is 0 Å². The number of aryl methyl sites for hydroxylation is 3. The van der Waals surface area contributed by atoms with Crippen LogP contribution in [0, 0.1) is 27.7 Å². The van der Waals surface area contributed by atoms with Crippen LogP contribution in [-0.2, 0) is 16.0 Å². The van der Waals surface area contributed by atoms with Crippen LogP contribution >= 0.6 is 11.8 Å². The molecule has 0 atom stereocenters. The molecule has 0 unspecified atom stereocenters. The van der Waals surface area contributed by atoms with Gasteiger partial charge >= 0.3 is 0 Å². The summed E-state index contributed by atoms with van der Waals surface area (Å²) in [4.78, 5) is 32.0. The molecule has 6 nitrogen and oxygen atoms in total. The molecule has 0 bridgehead atoms. The number of thioether (sulfide) groups is 1. The van der Waals surface area contributed by atoms with Gasteiger partial charge in [0.2, 0.25) is 11.8 Å². The maximum absolute atomic E-state index is 12.3. The number of hydrogen-bond acceptors (Lipinski definition) is 5. The van der Waals surface area contributed by atoms with Gasteiger partial charge in [0.15, 0.2) is 5.16 Å². The molecule has 0 fully saturated rings. The molecule has 1 heterocycles. The molecule has 0 saturated heterocycles. The predicted molar refractivity (Wildman–Crippen MR) is 104 cm³/mol. The van der Waals surface area contributed by atoms with E-state index in [1.807, 2.05) is 45.9 Å². The van der Waals surface area contributed by atoms with E-state index in [0.717, 1.165) is 33.8 Å². The fraction of sp³-hybridized carbons (Fsp3) is 0.368. The van der Waals surface area contributed by atoms with Crippen molar-refractivity contribution in [2.24, 2.45) is 5.73 Å². The lowest BCUT2D eigenvalue weighted by Crippen LogP contribution is -2.15. The summed E-state index contributed by atoms with van der Waals surface area (Å²) in [5.41, 5.74) is 10.8. The molecule has 1 aromatic heterocycles. The third kappa shape index (κ3) is 5.29. The van der Waals surface area contributed by atoms with E-state index >= 15 is 0 Å². The van der Waals surface area contributed by atoms with Crippen molar-refractivity contribution in [2.45, 2.75) is 45.7 Å². The Bertz CT molecular complexity index is 813. The number of rotatable bonds is 7. The van der Waals surface area contributed by atoms with Crippen molar-refractivity contribution in [1.82, 2.24) is 9.97 Å². The first kappa shape index (κ1) is 19.9. The second kappa shape index (κ2) is 8.80. The first-order valence-electron chi connectivity index (χ1n) is 8.39. The summed E-state index contributed by atoms with van der Waals surface area (Å²) in [6, 6.07) is 5.86. The third-order valence-electron chi connectivity index (χ3n) is 4.22. The normalized spacial score (nSPS) is 10.6. The SMILES string of the molecule is Cc1cccc(NC(=O)CCc2c(C)nc(SCC(N)=O)nc2C)c1C. The second-order valence-electron chi connectivity index (χ2n) is 6.21. The van der Waals surface area contributed by atoms with Gasteiger partial charge in [0.25, 0.3) is 0 Å². The lowest BCUT2D eigenvalue weighted by atomic mass is 10.1. The van der Waals surface area contributed by atoms with E-state index < -0.39 is 5.91 Å². The van der Waals surface area contributed by atoms with Crippen LogP contribution in [0.4, 0.5) is 5.69 Å². The number of amides is 2. The molecule has 2 rings (SSSR count). The lowest BCUT2D eigenvalue weighted by molar-refractivity contribution is -0.116.